The van der Waals surface area contributed by atoms with E-state index in [0.717, 1.165) is 30.5 Å². The number of aromatic amines is 1. The number of nitrogens with zero attached hydrogens (tertiary/aromatic N) is 1. The zero-order valence-electron chi connectivity index (χ0n) is 16.4. The molecule has 4 rings (SSSR count). The van der Waals surface area contributed by atoms with E-state index in [2.05, 4.69) is 37.0 Å². The van der Waals surface area contributed by atoms with Crippen molar-refractivity contribution < 1.29 is 18.0 Å². The first-order chi connectivity index (χ1) is 13.7. The maximum atomic E-state index is 12.7. The molecule has 0 radical (unpaired) electrons. The van der Waals surface area contributed by atoms with Gasteiger partial charge in [0.2, 0.25) is 0 Å². The molecule has 2 aromatic carbocycles. The average Bonchev–Trinajstić information content (AvgIpc) is 3.03. The van der Waals surface area contributed by atoms with Crippen molar-refractivity contribution in [2.75, 3.05) is 13.1 Å². The summed E-state index contributed by atoms with van der Waals surface area (Å²) in [5.41, 5.74) is 4.41. The van der Waals surface area contributed by atoms with Crippen LogP contribution in [-0.4, -0.2) is 28.9 Å². The van der Waals surface area contributed by atoms with Crippen LogP contribution < -0.4 is 0 Å². The zero-order valence-corrected chi connectivity index (χ0v) is 16.4. The van der Waals surface area contributed by atoms with E-state index in [1.807, 2.05) is 0 Å². The summed E-state index contributed by atoms with van der Waals surface area (Å²) in [6, 6.07) is 10.8. The summed E-state index contributed by atoms with van der Waals surface area (Å²) in [5.74, 6) is 0.139. The predicted molar refractivity (Wildman–Crippen MR) is 107 cm³/mol. The number of fused-ring (bicyclic) bond motifs is 1. The molecule has 152 valence electrons. The van der Waals surface area contributed by atoms with E-state index in [1.54, 1.807) is 4.90 Å². The number of hydrogen-bond acceptors (Lipinski definition) is 1. The minimum atomic E-state index is -4.39. The number of carbonyl (C=O) groups is 1. The van der Waals surface area contributed by atoms with Crippen LogP contribution in [0.5, 0.6) is 0 Å². The SMILES string of the molecule is Cc1ccc2[nH]c(C3CCN(C(=O)c4ccc(C(F)(F)F)cc4)CC3)c(C)c2c1. The summed E-state index contributed by atoms with van der Waals surface area (Å²) < 4.78 is 38.1. The first kappa shape index (κ1) is 19.6. The number of hydrogen-bond donors (Lipinski definition) is 1. The Morgan fingerprint density at radius 2 is 1.69 bits per heavy atom. The molecular weight excluding hydrogens is 377 g/mol. The van der Waals surface area contributed by atoms with Crippen LogP contribution in [0.15, 0.2) is 42.5 Å². The first-order valence-corrected chi connectivity index (χ1v) is 9.79. The number of aryl methyl sites for hydroxylation is 2. The molecule has 1 amide bonds. The minimum absolute atomic E-state index is 0.207. The molecule has 1 saturated heterocycles. The Morgan fingerprint density at radius 3 is 2.31 bits per heavy atom. The van der Waals surface area contributed by atoms with Gasteiger partial charge in [-0.15, -0.1) is 0 Å². The molecule has 0 aliphatic carbocycles. The normalized spacial score (nSPS) is 15.8. The van der Waals surface area contributed by atoms with Gasteiger partial charge in [-0.3, -0.25) is 4.79 Å². The summed E-state index contributed by atoms with van der Waals surface area (Å²) in [7, 11) is 0. The van der Waals surface area contributed by atoms with Crippen LogP contribution in [0.4, 0.5) is 13.2 Å². The van der Waals surface area contributed by atoms with Gasteiger partial charge in [0.05, 0.1) is 5.56 Å². The van der Waals surface area contributed by atoms with E-state index in [-0.39, 0.29) is 5.91 Å². The number of benzene rings is 2. The highest BCUT2D eigenvalue weighted by molar-refractivity contribution is 5.94. The van der Waals surface area contributed by atoms with Crippen molar-refractivity contribution >= 4 is 16.8 Å². The summed E-state index contributed by atoms with van der Waals surface area (Å²) >= 11 is 0. The lowest BCUT2D eigenvalue weighted by atomic mass is 9.91. The van der Waals surface area contributed by atoms with Gasteiger partial charge in [0.15, 0.2) is 0 Å². The fraction of sp³-hybridized carbons (Fsp3) is 0.348. The molecule has 0 bridgehead atoms. The largest absolute Gasteiger partial charge is 0.416 e. The summed E-state index contributed by atoms with van der Waals surface area (Å²) in [5, 5.41) is 1.24. The summed E-state index contributed by atoms with van der Waals surface area (Å²) in [4.78, 5) is 18.0. The number of alkyl halides is 3. The quantitative estimate of drug-likeness (QED) is 0.578. The minimum Gasteiger partial charge on any atom is -0.358 e. The van der Waals surface area contributed by atoms with Gasteiger partial charge < -0.3 is 9.88 Å². The van der Waals surface area contributed by atoms with Crippen LogP contribution in [0.2, 0.25) is 0 Å². The van der Waals surface area contributed by atoms with Crippen molar-refractivity contribution in [2.24, 2.45) is 0 Å². The third-order valence-electron chi connectivity index (χ3n) is 5.90. The Bertz CT molecular complexity index is 1040. The smallest absolute Gasteiger partial charge is 0.358 e. The van der Waals surface area contributed by atoms with Crippen LogP contribution in [0.25, 0.3) is 10.9 Å². The Morgan fingerprint density at radius 1 is 1.03 bits per heavy atom. The fourth-order valence-corrected chi connectivity index (χ4v) is 4.23. The van der Waals surface area contributed by atoms with Crippen LogP contribution in [-0.2, 0) is 6.18 Å². The average molecular weight is 400 g/mol. The number of amides is 1. The second kappa shape index (κ2) is 7.25. The number of nitrogens with one attached hydrogen (secondary N) is 1. The van der Waals surface area contributed by atoms with Crippen molar-refractivity contribution in [2.45, 2.75) is 38.8 Å². The van der Waals surface area contributed by atoms with Gasteiger partial charge in [-0.05, 0) is 68.7 Å². The molecular formula is C23H23F3N2O. The third-order valence-corrected chi connectivity index (χ3v) is 5.90. The van der Waals surface area contributed by atoms with Crippen molar-refractivity contribution in [3.05, 3.63) is 70.4 Å². The third kappa shape index (κ3) is 3.76. The fourth-order valence-electron chi connectivity index (χ4n) is 4.23. The molecule has 1 aliphatic heterocycles. The van der Waals surface area contributed by atoms with Gasteiger partial charge in [0.1, 0.15) is 0 Å². The number of likely N-dealkylation sites (tertiary alicyclic amines) is 1. The molecule has 2 heterocycles. The first-order valence-electron chi connectivity index (χ1n) is 9.79. The molecule has 0 atom stereocenters. The van der Waals surface area contributed by atoms with E-state index >= 15 is 0 Å². The van der Waals surface area contributed by atoms with Crippen molar-refractivity contribution in [1.29, 1.82) is 0 Å². The van der Waals surface area contributed by atoms with Crippen molar-refractivity contribution in [3.63, 3.8) is 0 Å². The molecule has 0 unspecified atom stereocenters. The zero-order chi connectivity index (χ0) is 20.8. The van der Waals surface area contributed by atoms with Crippen LogP contribution in [0, 0.1) is 13.8 Å². The summed E-state index contributed by atoms with van der Waals surface area (Å²) in [6.07, 6.45) is -2.73. The highest BCUT2D eigenvalue weighted by Crippen LogP contribution is 2.34. The molecule has 0 spiro atoms. The van der Waals surface area contributed by atoms with Gasteiger partial charge in [-0.1, -0.05) is 11.6 Å². The molecule has 3 nitrogen and oxygen atoms in total. The van der Waals surface area contributed by atoms with Crippen LogP contribution >= 0.6 is 0 Å². The Hall–Kier alpha value is -2.76. The van der Waals surface area contributed by atoms with E-state index < -0.39 is 11.7 Å². The lowest BCUT2D eigenvalue weighted by Gasteiger charge is -2.32. The Kier molecular flexibility index (Phi) is 4.89. The van der Waals surface area contributed by atoms with E-state index in [9.17, 15) is 18.0 Å². The predicted octanol–water partition coefficient (Wildman–Crippen LogP) is 5.82. The maximum Gasteiger partial charge on any atom is 0.416 e. The monoisotopic (exact) mass is 400 g/mol. The molecule has 1 aliphatic rings. The van der Waals surface area contributed by atoms with Gasteiger partial charge >= 0.3 is 6.18 Å². The molecule has 1 N–H and O–H groups in total. The second-order valence-electron chi connectivity index (χ2n) is 7.85. The molecule has 1 aromatic heterocycles. The summed E-state index contributed by atoms with van der Waals surface area (Å²) in [6.45, 7) is 5.40. The molecule has 29 heavy (non-hydrogen) atoms. The standard InChI is InChI=1S/C23H23F3N2O/c1-14-3-8-20-19(13-14)15(2)21(27-20)16-9-11-28(12-10-16)22(29)17-4-6-18(7-5-17)23(24,25)26/h3-8,13,16,27H,9-12H2,1-2H3. The number of H-pyrrole nitrogens is 1. The lowest BCUT2D eigenvalue weighted by Crippen LogP contribution is -2.38. The van der Waals surface area contributed by atoms with Crippen LogP contribution in [0.3, 0.4) is 0 Å². The van der Waals surface area contributed by atoms with Crippen molar-refractivity contribution in [3.8, 4) is 0 Å². The molecule has 6 heteroatoms. The number of piperidine rings is 1. The number of rotatable bonds is 2. The van der Waals surface area contributed by atoms with Crippen LogP contribution in [0.1, 0.15) is 51.5 Å². The van der Waals surface area contributed by atoms with E-state index in [4.69, 9.17) is 0 Å². The van der Waals surface area contributed by atoms with E-state index in [1.165, 1.54) is 34.3 Å². The highest BCUT2D eigenvalue weighted by atomic mass is 19.4. The molecule has 1 fully saturated rings. The molecule has 3 aromatic rings. The Balaban J connectivity index is 1.45. The second-order valence-corrected chi connectivity index (χ2v) is 7.85. The Labute approximate surface area is 167 Å². The van der Waals surface area contributed by atoms with Gasteiger partial charge in [-0.25, -0.2) is 0 Å². The topological polar surface area (TPSA) is 36.1 Å². The van der Waals surface area contributed by atoms with Gasteiger partial charge in [-0.2, -0.15) is 13.2 Å². The van der Waals surface area contributed by atoms with Gasteiger partial charge in [0, 0.05) is 41.2 Å². The number of aromatic nitrogens is 1. The van der Waals surface area contributed by atoms with Crippen molar-refractivity contribution in [1.82, 2.24) is 9.88 Å². The number of halogens is 3. The lowest BCUT2D eigenvalue weighted by molar-refractivity contribution is -0.137. The number of carbonyl (C=O) groups excluding carboxylic acids is 1. The van der Waals surface area contributed by atoms with Gasteiger partial charge in [0.25, 0.3) is 5.91 Å². The highest BCUT2D eigenvalue weighted by Gasteiger charge is 2.31. The van der Waals surface area contributed by atoms with E-state index in [0.29, 0.717) is 24.6 Å². The molecule has 0 saturated carbocycles. The maximum absolute atomic E-state index is 12.7.